The van der Waals surface area contributed by atoms with Crippen LogP contribution in [0.1, 0.15) is 31.0 Å². The van der Waals surface area contributed by atoms with Gasteiger partial charge in [-0.1, -0.05) is 35.6 Å². The number of esters is 1. The van der Waals surface area contributed by atoms with Crippen LogP contribution in [0.25, 0.3) is 6.08 Å². The zero-order valence-corrected chi connectivity index (χ0v) is 20.0. The second-order valence-electron chi connectivity index (χ2n) is 7.52. The highest BCUT2D eigenvalue weighted by molar-refractivity contribution is 7.07. The fourth-order valence-electron chi connectivity index (χ4n) is 3.79. The van der Waals surface area contributed by atoms with Crippen LogP contribution >= 0.6 is 11.3 Å². The van der Waals surface area contributed by atoms with Gasteiger partial charge in [-0.2, -0.15) is 8.78 Å². The first-order chi connectivity index (χ1) is 16.8. The summed E-state index contributed by atoms with van der Waals surface area (Å²) in [7, 11) is 1.57. The third kappa shape index (κ3) is 5.02. The number of methoxy groups -OCH3 is 1. The number of aromatic nitrogens is 1. The van der Waals surface area contributed by atoms with E-state index in [0.717, 1.165) is 5.56 Å². The number of thiazole rings is 1. The molecule has 3 aromatic rings. The average molecular weight is 501 g/mol. The maximum Gasteiger partial charge on any atom is 0.387 e. The largest absolute Gasteiger partial charge is 0.497 e. The van der Waals surface area contributed by atoms with E-state index in [4.69, 9.17) is 9.47 Å². The van der Waals surface area contributed by atoms with Crippen LogP contribution in [0.4, 0.5) is 8.78 Å². The zero-order valence-electron chi connectivity index (χ0n) is 19.2. The van der Waals surface area contributed by atoms with Crippen molar-refractivity contribution >= 4 is 23.4 Å². The van der Waals surface area contributed by atoms with Crippen LogP contribution in [0.15, 0.2) is 69.6 Å². The van der Waals surface area contributed by atoms with Crippen LogP contribution in [-0.2, 0) is 9.53 Å². The quantitative estimate of drug-likeness (QED) is 0.465. The molecule has 0 saturated heterocycles. The molecule has 1 atom stereocenters. The van der Waals surface area contributed by atoms with E-state index in [2.05, 4.69) is 9.73 Å². The highest BCUT2D eigenvalue weighted by atomic mass is 32.1. The Kier molecular flexibility index (Phi) is 7.11. The molecule has 2 heterocycles. The van der Waals surface area contributed by atoms with Crippen LogP contribution in [0.2, 0.25) is 0 Å². The van der Waals surface area contributed by atoms with Crippen LogP contribution in [0.5, 0.6) is 11.5 Å². The number of benzene rings is 2. The lowest BCUT2D eigenvalue weighted by Gasteiger charge is -2.24. The highest BCUT2D eigenvalue weighted by Crippen LogP contribution is 2.31. The number of ether oxygens (including phenoxy) is 3. The molecular weight excluding hydrogens is 478 g/mol. The van der Waals surface area contributed by atoms with Crippen molar-refractivity contribution in [3.05, 3.63) is 90.6 Å². The van der Waals surface area contributed by atoms with Crippen molar-refractivity contribution in [3.63, 3.8) is 0 Å². The molecule has 2 aromatic carbocycles. The first-order valence-corrected chi connectivity index (χ1v) is 11.5. The minimum Gasteiger partial charge on any atom is -0.497 e. The Morgan fingerprint density at radius 1 is 1.14 bits per heavy atom. The minimum atomic E-state index is -2.96. The zero-order chi connectivity index (χ0) is 25.1. The van der Waals surface area contributed by atoms with E-state index in [-0.39, 0.29) is 23.5 Å². The molecule has 0 amide bonds. The smallest absolute Gasteiger partial charge is 0.387 e. The molecule has 0 radical (unpaired) electrons. The van der Waals surface area contributed by atoms with E-state index in [1.807, 2.05) is 12.1 Å². The summed E-state index contributed by atoms with van der Waals surface area (Å²) in [6, 6.07) is 12.2. The van der Waals surface area contributed by atoms with Gasteiger partial charge >= 0.3 is 12.6 Å². The summed E-state index contributed by atoms with van der Waals surface area (Å²) in [5, 5.41) is 0. The van der Waals surface area contributed by atoms with Crippen LogP contribution < -0.4 is 24.4 Å². The second-order valence-corrected chi connectivity index (χ2v) is 8.53. The number of rotatable bonds is 7. The molecule has 1 aliphatic heterocycles. The van der Waals surface area contributed by atoms with Crippen molar-refractivity contribution in [2.24, 2.45) is 4.99 Å². The Labute approximate surface area is 203 Å². The lowest BCUT2D eigenvalue weighted by atomic mass is 9.96. The number of nitrogens with zero attached hydrogens (tertiary/aromatic N) is 2. The molecule has 1 aliphatic rings. The number of allylic oxidation sites excluding steroid dienone is 1. The number of hydrogen-bond donors (Lipinski definition) is 0. The molecule has 7 nitrogen and oxygen atoms in total. The predicted octanol–water partition coefficient (Wildman–Crippen LogP) is 3.41. The van der Waals surface area contributed by atoms with Crippen molar-refractivity contribution in [2.45, 2.75) is 26.5 Å². The molecule has 1 aromatic heterocycles. The van der Waals surface area contributed by atoms with Crippen molar-refractivity contribution in [1.29, 1.82) is 0 Å². The summed E-state index contributed by atoms with van der Waals surface area (Å²) < 4.78 is 41.9. The van der Waals surface area contributed by atoms with E-state index in [1.54, 1.807) is 51.3 Å². The minimum absolute atomic E-state index is 0.0333. The van der Waals surface area contributed by atoms with Gasteiger partial charge in [0.2, 0.25) is 0 Å². The van der Waals surface area contributed by atoms with E-state index >= 15 is 0 Å². The lowest BCUT2D eigenvalue weighted by molar-refractivity contribution is -0.139. The van der Waals surface area contributed by atoms with Gasteiger partial charge in [-0.25, -0.2) is 9.79 Å². The van der Waals surface area contributed by atoms with Crippen molar-refractivity contribution in [1.82, 2.24) is 4.57 Å². The van der Waals surface area contributed by atoms with Gasteiger partial charge in [0, 0.05) is 0 Å². The standard InChI is InChI=1S/C25H22F2N2O5S/c1-4-33-23(31)20-14(2)28-25-29(21(20)16-7-11-18(12-8-16)34-24(26)27)22(30)19(35-25)13-15-5-9-17(32-3)10-6-15/h5-13,21,24H,4H2,1-3H3. The Morgan fingerprint density at radius 3 is 2.40 bits per heavy atom. The maximum atomic E-state index is 13.5. The molecule has 10 heteroatoms. The molecule has 0 saturated carbocycles. The van der Waals surface area contributed by atoms with E-state index in [9.17, 15) is 18.4 Å². The SMILES string of the molecule is CCOC(=O)C1=C(C)N=c2sc(=Cc3ccc(OC)cc3)c(=O)n2C1c1ccc(OC(F)F)cc1. The Hall–Kier alpha value is -3.79. The fraction of sp³-hybridized carbons (Fsp3) is 0.240. The Morgan fingerprint density at radius 2 is 1.80 bits per heavy atom. The van der Waals surface area contributed by atoms with Crippen molar-refractivity contribution < 1.29 is 27.8 Å². The number of alkyl halides is 2. The summed E-state index contributed by atoms with van der Waals surface area (Å²) in [5.74, 6) is 0.0581. The average Bonchev–Trinajstić information content (AvgIpc) is 3.13. The lowest BCUT2D eigenvalue weighted by Crippen LogP contribution is -2.39. The van der Waals surface area contributed by atoms with Crippen LogP contribution in [0.3, 0.4) is 0 Å². The van der Waals surface area contributed by atoms with Gasteiger partial charge in [0.05, 0.1) is 35.6 Å². The highest BCUT2D eigenvalue weighted by Gasteiger charge is 2.33. The summed E-state index contributed by atoms with van der Waals surface area (Å²) in [6.07, 6.45) is 1.74. The molecule has 0 bridgehead atoms. The van der Waals surface area contributed by atoms with Gasteiger partial charge in [0.15, 0.2) is 4.80 Å². The molecule has 4 rings (SSSR count). The van der Waals surface area contributed by atoms with Gasteiger partial charge in [0.1, 0.15) is 11.5 Å². The number of hydrogen-bond acceptors (Lipinski definition) is 7. The summed E-state index contributed by atoms with van der Waals surface area (Å²) >= 11 is 1.19. The third-order valence-corrected chi connectivity index (χ3v) is 6.33. The molecule has 0 fully saturated rings. The fourth-order valence-corrected chi connectivity index (χ4v) is 4.84. The first kappa shape index (κ1) is 24.3. The van der Waals surface area contributed by atoms with Gasteiger partial charge in [-0.15, -0.1) is 0 Å². The van der Waals surface area contributed by atoms with Crippen LogP contribution in [0, 0.1) is 0 Å². The van der Waals surface area contributed by atoms with Crippen LogP contribution in [-0.4, -0.2) is 30.9 Å². The number of carbonyl (C=O) groups excluding carboxylic acids is 1. The number of halogens is 2. The Balaban J connectivity index is 1.87. The van der Waals surface area contributed by atoms with Gasteiger partial charge in [-0.05, 0) is 55.3 Å². The molecule has 0 N–H and O–H groups in total. The second kappa shape index (κ2) is 10.2. The van der Waals surface area contributed by atoms with Gasteiger partial charge in [0.25, 0.3) is 5.56 Å². The topological polar surface area (TPSA) is 79.1 Å². The van der Waals surface area contributed by atoms with E-state index < -0.39 is 18.6 Å². The third-order valence-electron chi connectivity index (χ3n) is 5.35. The van der Waals surface area contributed by atoms with E-state index in [1.165, 1.54) is 28.0 Å². The first-order valence-electron chi connectivity index (χ1n) is 10.7. The summed E-state index contributed by atoms with van der Waals surface area (Å²) in [5.41, 5.74) is 1.61. The molecule has 1 unspecified atom stereocenters. The van der Waals surface area contributed by atoms with Gasteiger partial charge in [-0.3, -0.25) is 9.36 Å². The number of carbonyl (C=O) groups is 1. The Bertz CT molecular complexity index is 1440. The van der Waals surface area contributed by atoms with Gasteiger partial charge < -0.3 is 14.2 Å². The van der Waals surface area contributed by atoms with E-state index in [0.29, 0.717) is 26.3 Å². The number of fused-ring (bicyclic) bond motifs is 1. The van der Waals surface area contributed by atoms with Crippen molar-refractivity contribution in [2.75, 3.05) is 13.7 Å². The summed E-state index contributed by atoms with van der Waals surface area (Å²) in [6.45, 7) is 0.539. The predicted molar refractivity (Wildman–Crippen MR) is 126 cm³/mol. The molecule has 182 valence electrons. The molecule has 0 spiro atoms. The monoisotopic (exact) mass is 500 g/mol. The molecule has 35 heavy (non-hydrogen) atoms. The molecular formula is C25H22F2N2O5S. The molecule has 0 aliphatic carbocycles. The normalized spacial score (nSPS) is 15.6. The van der Waals surface area contributed by atoms with Crippen molar-refractivity contribution in [3.8, 4) is 11.5 Å². The summed E-state index contributed by atoms with van der Waals surface area (Å²) in [4.78, 5) is 31.3. The maximum absolute atomic E-state index is 13.5.